The fourth-order valence-electron chi connectivity index (χ4n) is 4.67. The number of nitrogens with two attached hydrogens (primary N) is 1. The van der Waals surface area contributed by atoms with E-state index in [0.717, 1.165) is 6.42 Å². The van der Waals surface area contributed by atoms with Gasteiger partial charge in [-0.1, -0.05) is 12.1 Å². The molecule has 4 atom stereocenters. The molecule has 0 aromatic heterocycles. The zero-order valence-corrected chi connectivity index (χ0v) is 15.5. The number of para-hydroxylation sites is 1. The van der Waals surface area contributed by atoms with Gasteiger partial charge < -0.3 is 15.5 Å². The first-order chi connectivity index (χ1) is 13.5. The maximum atomic E-state index is 12.9. The number of carbonyl (C=O) groups excluding carboxylic acids is 2. The predicted octanol–water partition coefficient (Wildman–Crippen LogP) is 0.190. The Balaban J connectivity index is 1.44. The number of likely N-dealkylation sites (tertiary alicyclic amines) is 2. The van der Waals surface area contributed by atoms with Crippen molar-refractivity contribution in [3.05, 3.63) is 29.8 Å². The number of nitriles is 2. The van der Waals surface area contributed by atoms with E-state index in [1.165, 1.54) is 0 Å². The second-order valence-corrected chi connectivity index (χ2v) is 7.62. The van der Waals surface area contributed by atoms with Gasteiger partial charge in [0.15, 0.2) is 0 Å². The Hall–Kier alpha value is -2.94. The van der Waals surface area contributed by atoms with Gasteiger partial charge in [-0.15, -0.1) is 0 Å². The molecule has 1 aromatic rings. The molecule has 8 heteroatoms. The quantitative estimate of drug-likeness (QED) is 0.799. The van der Waals surface area contributed by atoms with Gasteiger partial charge in [0.2, 0.25) is 11.8 Å². The Kier molecular flexibility index (Phi) is 4.76. The van der Waals surface area contributed by atoms with Crippen LogP contribution >= 0.6 is 0 Å². The fraction of sp³-hybridized carbons (Fsp3) is 0.500. The third-order valence-electron chi connectivity index (χ3n) is 5.99. The van der Waals surface area contributed by atoms with Crippen LogP contribution < -0.4 is 10.6 Å². The summed E-state index contributed by atoms with van der Waals surface area (Å²) in [5.41, 5.74) is 7.29. The van der Waals surface area contributed by atoms with E-state index in [4.69, 9.17) is 5.73 Å². The van der Waals surface area contributed by atoms with Crippen LogP contribution in [0.25, 0.3) is 0 Å². The second-order valence-electron chi connectivity index (χ2n) is 7.62. The number of rotatable bonds is 4. The van der Waals surface area contributed by atoms with Gasteiger partial charge in [-0.05, 0) is 31.4 Å². The van der Waals surface area contributed by atoms with Crippen LogP contribution in [0, 0.1) is 22.7 Å². The summed E-state index contributed by atoms with van der Waals surface area (Å²) >= 11 is 0. The summed E-state index contributed by atoms with van der Waals surface area (Å²) in [6.07, 6.45) is 2.18. The lowest BCUT2D eigenvalue weighted by Crippen LogP contribution is -2.56. The summed E-state index contributed by atoms with van der Waals surface area (Å²) < 4.78 is 0. The van der Waals surface area contributed by atoms with Crippen molar-refractivity contribution in [1.29, 1.82) is 10.5 Å². The molecular weight excluding hydrogens is 356 g/mol. The molecule has 3 fully saturated rings. The van der Waals surface area contributed by atoms with Crippen molar-refractivity contribution in [2.45, 2.75) is 43.4 Å². The number of carbonyl (C=O) groups is 2. The van der Waals surface area contributed by atoms with Crippen molar-refractivity contribution in [2.24, 2.45) is 5.73 Å². The number of benzene rings is 1. The Morgan fingerprint density at radius 1 is 1.32 bits per heavy atom. The number of piperazine rings is 1. The summed E-state index contributed by atoms with van der Waals surface area (Å²) in [6.45, 7) is 1.49. The van der Waals surface area contributed by atoms with Crippen LogP contribution in [0.4, 0.5) is 5.69 Å². The lowest BCUT2D eigenvalue weighted by Gasteiger charge is -2.35. The molecular formula is C20H22N6O2. The van der Waals surface area contributed by atoms with Crippen LogP contribution in [0.5, 0.6) is 0 Å². The lowest BCUT2D eigenvalue weighted by atomic mass is 10.1. The molecule has 8 nitrogen and oxygen atoms in total. The molecule has 0 spiro atoms. The molecule has 28 heavy (non-hydrogen) atoms. The van der Waals surface area contributed by atoms with E-state index in [2.05, 4.69) is 12.1 Å². The molecule has 0 saturated carbocycles. The first-order valence-electron chi connectivity index (χ1n) is 9.57. The number of anilines is 1. The van der Waals surface area contributed by atoms with Crippen molar-refractivity contribution in [1.82, 2.24) is 9.80 Å². The third kappa shape index (κ3) is 2.91. The first kappa shape index (κ1) is 18.4. The SMILES string of the molecule is N#Cc1ccccc1N1C(=O)C2C[C@H]1CN2CC(N)C(=O)N1CCCC1C#N. The monoisotopic (exact) mass is 378 g/mol. The molecule has 2 N–H and O–H groups in total. The Morgan fingerprint density at radius 3 is 2.82 bits per heavy atom. The fourth-order valence-corrected chi connectivity index (χ4v) is 4.67. The van der Waals surface area contributed by atoms with Gasteiger partial charge >= 0.3 is 0 Å². The minimum absolute atomic E-state index is 0.0204. The zero-order chi connectivity index (χ0) is 19.8. The van der Waals surface area contributed by atoms with E-state index in [0.29, 0.717) is 43.7 Å². The van der Waals surface area contributed by atoms with Gasteiger partial charge in [0.1, 0.15) is 12.1 Å². The second kappa shape index (κ2) is 7.23. The van der Waals surface area contributed by atoms with Crippen LogP contribution in [0.15, 0.2) is 24.3 Å². The molecule has 3 saturated heterocycles. The van der Waals surface area contributed by atoms with Crippen LogP contribution in [0.3, 0.4) is 0 Å². The van der Waals surface area contributed by atoms with E-state index in [-0.39, 0.29) is 23.9 Å². The average molecular weight is 378 g/mol. The van der Waals surface area contributed by atoms with E-state index in [1.54, 1.807) is 28.0 Å². The van der Waals surface area contributed by atoms with Crippen molar-refractivity contribution in [3.8, 4) is 12.1 Å². The molecule has 0 radical (unpaired) electrons. The molecule has 3 aliphatic rings. The molecule has 4 rings (SSSR count). The minimum Gasteiger partial charge on any atom is -0.325 e. The van der Waals surface area contributed by atoms with Crippen LogP contribution in [0.1, 0.15) is 24.8 Å². The summed E-state index contributed by atoms with van der Waals surface area (Å²) in [4.78, 5) is 30.9. The van der Waals surface area contributed by atoms with Crippen molar-refractivity contribution < 1.29 is 9.59 Å². The van der Waals surface area contributed by atoms with E-state index < -0.39 is 12.1 Å². The van der Waals surface area contributed by atoms with Gasteiger partial charge in [-0.25, -0.2) is 0 Å². The normalized spacial score (nSPS) is 27.7. The smallest absolute Gasteiger partial charge is 0.244 e. The highest BCUT2D eigenvalue weighted by Crippen LogP contribution is 2.37. The van der Waals surface area contributed by atoms with Crippen molar-refractivity contribution in [2.75, 3.05) is 24.5 Å². The molecule has 3 aliphatic heterocycles. The molecule has 3 unspecified atom stereocenters. The maximum absolute atomic E-state index is 12.9. The summed E-state index contributed by atoms with van der Waals surface area (Å²) in [5, 5.41) is 18.5. The van der Waals surface area contributed by atoms with E-state index >= 15 is 0 Å². The zero-order valence-electron chi connectivity index (χ0n) is 15.5. The topological polar surface area (TPSA) is 117 Å². The van der Waals surface area contributed by atoms with Crippen LogP contribution in [0.2, 0.25) is 0 Å². The maximum Gasteiger partial charge on any atom is 0.244 e. The minimum atomic E-state index is -0.749. The Bertz CT molecular complexity index is 887. The number of amides is 2. The first-order valence-corrected chi connectivity index (χ1v) is 9.57. The summed E-state index contributed by atoms with van der Waals surface area (Å²) in [7, 11) is 0. The largest absolute Gasteiger partial charge is 0.325 e. The van der Waals surface area contributed by atoms with Gasteiger partial charge in [-0.3, -0.25) is 14.5 Å². The number of hydrogen-bond donors (Lipinski definition) is 1. The molecule has 3 heterocycles. The molecule has 0 aliphatic carbocycles. The standard InChI is InChI=1S/C20H22N6O2/c21-9-13-4-1-2-6-17(13)26-15-8-18(20(26)28)24(11-15)12-16(23)19(27)25-7-3-5-14(25)10-22/h1-2,4,6,14-16,18H,3,5,7-8,11-12,23H2/t14?,15-,16?,18?/m0/s1. The summed E-state index contributed by atoms with van der Waals surface area (Å²) in [6, 6.07) is 9.94. The highest BCUT2D eigenvalue weighted by molar-refractivity contribution is 6.02. The highest BCUT2D eigenvalue weighted by atomic mass is 16.2. The van der Waals surface area contributed by atoms with Gasteiger partial charge in [0.05, 0.1) is 35.4 Å². The molecule has 2 bridgehead atoms. The number of nitrogens with zero attached hydrogens (tertiary/aromatic N) is 5. The van der Waals surface area contributed by atoms with Gasteiger partial charge in [0, 0.05) is 19.6 Å². The van der Waals surface area contributed by atoms with E-state index in [1.807, 2.05) is 11.0 Å². The highest BCUT2D eigenvalue weighted by Gasteiger charge is 2.51. The van der Waals surface area contributed by atoms with Gasteiger partial charge in [0.25, 0.3) is 0 Å². The molecule has 144 valence electrons. The Morgan fingerprint density at radius 2 is 2.11 bits per heavy atom. The molecule has 2 amide bonds. The van der Waals surface area contributed by atoms with Crippen LogP contribution in [-0.2, 0) is 9.59 Å². The third-order valence-corrected chi connectivity index (χ3v) is 5.99. The van der Waals surface area contributed by atoms with Gasteiger partial charge in [-0.2, -0.15) is 10.5 Å². The number of fused-ring (bicyclic) bond motifs is 2. The van der Waals surface area contributed by atoms with Crippen molar-refractivity contribution in [3.63, 3.8) is 0 Å². The number of hydrogen-bond acceptors (Lipinski definition) is 6. The average Bonchev–Trinajstić information content (AvgIpc) is 3.41. The predicted molar refractivity (Wildman–Crippen MR) is 101 cm³/mol. The van der Waals surface area contributed by atoms with E-state index in [9.17, 15) is 20.1 Å². The summed E-state index contributed by atoms with van der Waals surface area (Å²) in [5.74, 6) is -0.263. The Labute approximate surface area is 163 Å². The van der Waals surface area contributed by atoms with Crippen molar-refractivity contribution >= 4 is 17.5 Å². The lowest BCUT2D eigenvalue weighted by molar-refractivity contribution is -0.134. The van der Waals surface area contributed by atoms with Crippen LogP contribution in [-0.4, -0.2) is 65.4 Å². The molecule has 1 aromatic carbocycles.